The molecule has 5 aromatic rings. The van der Waals surface area contributed by atoms with E-state index in [2.05, 4.69) is 64.9 Å². The molecule has 0 aliphatic heterocycles. The van der Waals surface area contributed by atoms with Gasteiger partial charge < -0.3 is 20.1 Å². The summed E-state index contributed by atoms with van der Waals surface area (Å²) in [4.78, 5) is 22.2. The number of carbonyl (C=O) groups excluding carboxylic acids is 1. The van der Waals surface area contributed by atoms with Crippen LogP contribution in [-0.2, 0) is 16.1 Å². The molecule has 0 radical (unpaired) electrons. The smallest absolute Gasteiger partial charge is 0.411 e. The van der Waals surface area contributed by atoms with Gasteiger partial charge in [0.05, 0.1) is 18.9 Å². The summed E-state index contributed by atoms with van der Waals surface area (Å²) >= 11 is 0. The molecule has 0 spiro atoms. The van der Waals surface area contributed by atoms with E-state index in [0.29, 0.717) is 30.5 Å². The minimum atomic E-state index is -0.539. The maximum Gasteiger partial charge on any atom is 0.411 e. The molecular weight excluding hydrogens is 598 g/mol. The summed E-state index contributed by atoms with van der Waals surface area (Å²) in [5.74, 6) is 0.396. The highest BCUT2D eigenvalue weighted by Gasteiger charge is 2.29. The van der Waals surface area contributed by atoms with E-state index >= 15 is 0 Å². The van der Waals surface area contributed by atoms with E-state index in [0.717, 1.165) is 33.5 Å². The van der Waals surface area contributed by atoms with Crippen LogP contribution in [0, 0.1) is 0 Å². The Kier molecular flexibility index (Phi) is 11.5. The predicted molar refractivity (Wildman–Crippen MR) is 195 cm³/mol. The average molecular weight is 638 g/mol. The lowest BCUT2D eigenvalue weighted by Crippen LogP contribution is -2.18. The van der Waals surface area contributed by atoms with Crippen molar-refractivity contribution in [3.63, 3.8) is 0 Å². The summed E-state index contributed by atoms with van der Waals surface area (Å²) in [6.45, 7) is 10.7. The Balaban J connectivity index is 0.00000221. The Morgan fingerprint density at radius 1 is 0.896 bits per heavy atom. The SMILES string of the molecule is C=C.C=CCOCc1cc(NC(=O)OCC2c3ccccc3-c3ccccc32)cc(Nc2nccc(-c3ccc(/C=C\NC)cc3)n2)c1. The molecule has 242 valence electrons. The number of benzene rings is 4. The molecule has 0 saturated heterocycles. The molecule has 0 unspecified atom stereocenters. The molecule has 0 atom stereocenters. The number of nitrogens with one attached hydrogen (secondary N) is 3. The number of hydrogen-bond acceptors (Lipinski definition) is 7. The molecule has 4 aromatic carbocycles. The van der Waals surface area contributed by atoms with Crippen molar-refractivity contribution in [1.82, 2.24) is 15.3 Å². The summed E-state index contributed by atoms with van der Waals surface area (Å²) in [7, 11) is 1.87. The molecule has 1 aromatic heterocycles. The highest BCUT2D eigenvalue weighted by Crippen LogP contribution is 2.44. The number of fused-ring (bicyclic) bond motifs is 3. The lowest BCUT2D eigenvalue weighted by atomic mass is 9.98. The summed E-state index contributed by atoms with van der Waals surface area (Å²) in [6.07, 6.45) is 6.75. The van der Waals surface area contributed by atoms with Crippen molar-refractivity contribution in [1.29, 1.82) is 0 Å². The van der Waals surface area contributed by atoms with Crippen LogP contribution in [0.2, 0.25) is 0 Å². The zero-order chi connectivity index (χ0) is 33.7. The molecule has 3 N–H and O–H groups in total. The Bertz CT molecular complexity index is 1840. The second kappa shape index (κ2) is 16.5. The molecule has 0 fully saturated rings. The average Bonchev–Trinajstić information content (AvgIpc) is 3.44. The second-order valence-electron chi connectivity index (χ2n) is 10.8. The van der Waals surface area contributed by atoms with Gasteiger partial charge in [-0.2, -0.15) is 0 Å². The highest BCUT2D eigenvalue weighted by molar-refractivity contribution is 5.86. The predicted octanol–water partition coefficient (Wildman–Crippen LogP) is 8.94. The molecular formula is C40H39N5O3. The van der Waals surface area contributed by atoms with Gasteiger partial charge in [-0.1, -0.05) is 78.9 Å². The van der Waals surface area contributed by atoms with E-state index < -0.39 is 6.09 Å². The van der Waals surface area contributed by atoms with Crippen molar-refractivity contribution < 1.29 is 14.3 Å². The van der Waals surface area contributed by atoms with Gasteiger partial charge in [-0.25, -0.2) is 14.8 Å². The first-order valence-electron chi connectivity index (χ1n) is 15.6. The first-order valence-corrected chi connectivity index (χ1v) is 15.6. The quantitative estimate of drug-likeness (QED) is 0.0928. The summed E-state index contributed by atoms with van der Waals surface area (Å²) < 4.78 is 11.5. The van der Waals surface area contributed by atoms with Crippen molar-refractivity contribution in [3.8, 4) is 22.4 Å². The van der Waals surface area contributed by atoms with Gasteiger partial charge in [-0.05, 0) is 69.9 Å². The van der Waals surface area contributed by atoms with Crippen LogP contribution in [0.4, 0.5) is 22.1 Å². The van der Waals surface area contributed by atoms with Crippen LogP contribution in [0.1, 0.15) is 28.2 Å². The number of ether oxygens (including phenoxy) is 2. The number of anilines is 3. The minimum absolute atomic E-state index is 0.0283. The monoisotopic (exact) mass is 637 g/mol. The Morgan fingerprint density at radius 2 is 1.58 bits per heavy atom. The van der Waals surface area contributed by atoms with Crippen LogP contribution < -0.4 is 16.0 Å². The first kappa shape index (κ1) is 33.4. The summed E-state index contributed by atoms with van der Waals surface area (Å²) in [5.41, 5.74) is 9.61. The lowest BCUT2D eigenvalue weighted by Gasteiger charge is -2.16. The normalized spacial score (nSPS) is 11.5. The van der Waals surface area contributed by atoms with Crippen LogP contribution >= 0.6 is 0 Å². The third kappa shape index (κ3) is 8.23. The number of carbonyl (C=O) groups is 1. The minimum Gasteiger partial charge on any atom is -0.448 e. The van der Waals surface area contributed by atoms with Gasteiger partial charge in [0.1, 0.15) is 6.61 Å². The molecule has 1 amide bonds. The fourth-order valence-corrected chi connectivity index (χ4v) is 5.59. The van der Waals surface area contributed by atoms with Crippen molar-refractivity contribution in [3.05, 3.63) is 158 Å². The Morgan fingerprint density at radius 3 is 2.27 bits per heavy atom. The van der Waals surface area contributed by atoms with Crippen molar-refractivity contribution in [2.24, 2.45) is 0 Å². The molecule has 8 heteroatoms. The summed E-state index contributed by atoms with van der Waals surface area (Å²) in [5, 5.41) is 9.19. The van der Waals surface area contributed by atoms with Gasteiger partial charge in [-0.3, -0.25) is 5.32 Å². The lowest BCUT2D eigenvalue weighted by molar-refractivity contribution is 0.149. The van der Waals surface area contributed by atoms with Crippen LogP contribution in [0.5, 0.6) is 0 Å². The third-order valence-corrected chi connectivity index (χ3v) is 7.65. The van der Waals surface area contributed by atoms with E-state index in [1.165, 1.54) is 11.1 Å². The number of nitrogens with zero attached hydrogens (tertiary/aromatic N) is 2. The van der Waals surface area contributed by atoms with Gasteiger partial charge in [0, 0.05) is 36.1 Å². The van der Waals surface area contributed by atoms with Crippen LogP contribution in [0.15, 0.2) is 135 Å². The Hall–Kier alpha value is -5.99. The van der Waals surface area contributed by atoms with E-state index in [-0.39, 0.29) is 12.5 Å². The molecule has 1 aliphatic rings. The standard InChI is InChI=1S/C38H35N5O3.C2H4/c1-3-20-45-24-27-21-29(41-37-40-19-17-36(43-37)28-14-12-26(13-15-28)16-18-39-2)23-30(22-27)42-38(44)46-25-35-33-10-6-4-8-31(33)32-9-5-7-11-34(32)35;1-2/h3-19,21-23,35,39H,1,20,24-25H2,2H3,(H,42,44)(H,40,41,43);1-2H2/b18-16-;. The third-order valence-electron chi connectivity index (χ3n) is 7.65. The largest absolute Gasteiger partial charge is 0.448 e. The fourth-order valence-electron chi connectivity index (χ4n) is 5.59. The van der Waals surface area contributed by atoms with E-state index in [1.807, 2.05) is 92.1 Å². The van der Waals surface area contributed by atoms with Gasteiger partial charge >= 0.3 is 6.09 Å². The van der Waals surface area contributed by atoms with E-state index in [4.69, 9.17) is 14.5 Å². The molecule has 0 saturated carbocycles. The molecule has 6 rings (SSSR count). The number of aromatic nitrogens is 2. The number of hydrogen-bond donors (Lipinski definition) is 3. The molecule has 1 aliphatic carbocycles. The second-order valence-corrected chi connectivity index (χ2v) is 10.8. The molecule has 1 heterocycles. The van der Waals surface area contributed by atoms with Gasteiger partial charge in [-0.15, -0.1) is 19.7 Å². The van der Waals surface area contributed by atoms with Gasteiger partial charge in [0.2, 0.25) is 5.95 Å². The number of rotatable bonds is 12. The zero-order valence-electron chi connectivity index (χ0n) is 27.0. The van der Waals surface area contributed by atoms with Crippen LogP contribution in [0.25, 0.3) is 28.5 Å². The summed E-state index contributed by atoms with van der Waals surface area (Å²) in [6, 6.07) is 32.1. The number of amides is 1. The van der Waals surface area contributed by atoms with E-state index in [1.54, 1.807) is 12.3 Å². The van der Waals surface area contributed by atoms with Gasteiger partial charge in [0.15, 0.2) is 0 Å². The van der Waals surface area contributed by atoms with Crippen molar-refractivity contribution in [2.45, 2.75) is 12.5 Å². The topological polar surface area (TPSA) is 97.4 Å². The van der Waals surface area contributed by atoms with Crippen molar-refractivity contribution >= 4 is 29.5 Å². The molecule has 8 nitrogen and oxygen atoms in total. The molecule has 0 bridgehead atoms. The van der Waals surface area contributed by atoms with Crippen LogP contribution in [0.3, 0.4) is 0 Å². The van der Waals surface area contributed by atoms with Crippen molar-refractivity contribution in [2.75, 3.05) is 30.9 Å². The maximum absolute atomic E-state index is 13.1. The van der Waals surface area contributed by atoms with Crippen LogP contribution in [-0.4, -0.2) is 36.3 Å². The molecule has 48 heavy (non-hydrogen) atoms. The Labute approximate surface area is 281 Å². The highest BCUT2D eigenvalue weighted by atomic mass is 16.5. The maximum atomic E-state index is 13.1. The van der Waals surface area contributed by atoms with Gasteiger partial charge in [0.25, 0.3) is 0 Å². The zero-order valence-corrected chi connectivity index (χ0v) is 27.0. The van der Waals surface area contributed by atoms with E-state index in [9.17, 15) is 4.79 Å². The first-order chi connectivity index (χ1) is 23.6. The fraction of sp³-hybridized carbons (Fsp3) is 0.125.